The third-order valence-electron chi connectivity index (χ3n) is 4.27. The molecule has 0 fully saturated rings. The van der Waals surface area contributed by atoms with Crippen molar-refractivity contribution in [2.45, 2.75) is 39.5 Å². The van der Waals surface area contributed by atoms with Crippen LogP contribution in [0.4, 0.5) is 19.0 Å². The van der Waals surface area contributed by atoms with Crippen molar-refractivity contribution < 1.29 is 13.2 Å². The van der Waals surface area contributed by atoms with Gasteiger partial charge in [-0.05, 0) is 25.1 Å². The highest BCUT2D eigenvalue weighted by Crippen LogP contribution is 2.33. The lowest BCUT2D eigenvalue weighted by atomic mass is 10.0. The van der Waals surface area contributed by atoms with Crippen LogP contribution in [0.25, 0.3) is 0 Å². The molecule has 1 aromatic carbocycles. The van der Waals surface area contributed by atoms with Crippen LogP contribution in [0.1, 0.15) is 36.2 Å². The SMILES string of the molecule is CC.CN1CCc2c(ncnc2N(C)Cc2ccccc2C(F)(F)F)C1. The molecule has 0 spiro atoms. The van der Waals surface area contributed by atoms with E-state index in [0.717, 1.165) is 36.8 Å². The van der Waals surface area contributed by atoms with Crippen molar-refractivity contribution in [3.63, 3.8) is 0 Å². The Bertz CT molecular complexity index is 731. The molecular formula is C19H25F3N4. The predicted molar refractivity (Wildman–Crippen MR) is 97.0 cm³/mol. The number of halogens is 3. The van der Waals surface area contributed by atoms with Gasteiger partial charge < -0.3 is 9.80 Å². The molecule has 142 valence electrons. The maximum atomic E-state index is 13.2. The van der Waals surface area contributed by atoms with E-state index in [4.69, 9.17) is 0 Å². The maximum absolute atomic E-state index is 13.2. The van der Waals surface area contributed by atoms with E-state index in [1.165, 1.54) is 18.5 Å². The molecule has 0 aliphatic carbocycles. The van der Waals surface area contributed by atoms with Crippen LogP contribution < -0.4 is 4.90 Å². The fourth-order valence-corrected chi connectivity index (χ4v) is 3.06. The fourth-order valence-electron chi connectivity index (χ4n) is 3.06. The van der Waals surface area contributed by atoms with Gasteiger partial charge in [0.15, 0.2) is 0 Å². The summed E-state index contributed by atoms with van der Waals surface area (Å²) in [6, 6.07) is 5.67. The van der Waals surface area contributed by atoms with Crippen molar-refractivity contribution in [3.8, 4) is 0 Å². The van der Waals surface area contributed by atoms with Gasteiger partial charge in [-0.1, -0.05) is 32.0 Å². The third-order valence-corrected chi connectivity index (χ3v) is 4.27. The second kappa shape index (κ2) is 8.49. The van der Waals surface area contributed by atoms with E-state index < -0.39 is 11.7 Å². The van der Waals surface area contributed by atoms with Gasteiger partial charge in [0, 0.05) is 32.2 Å². The smallest absolute Gasteiger partial charge is 0.355 e. The number of benzene rings is 1. The summed E-state index contributed by atoms with van der Waals surface area (Å²) in [6.07, 6.45) is -2.07. The zero-order chi connectivity index (χ0) is 19.3. The molecule has 7 heteroatoms. The first-order chi connectivity index (χ1) is 12.4. The van der Waals surface area contributed by atoms with Crippen LogP contribution in [-0.4, -0.2) is 35.5 Å². The summed E-state index contributed by atoms with van der Waals surface area (Å²) in [7, 11) is 3.79. The monoisotopic (exact) mass is 366 g/mol. The fraction of sp³-hybridized carbons (Fsp3) is 0.474. The van der Waals surface area contributed by atoms with E-state index >= 15 is 0 Å². The molecule has 0 bridgehead atoms. The number of anilines is 1. The summed E-state index contributed by atoms with van der Waals surface area (Å²) in [5, 5.41) is 0. The summed E-state index contributed by atoms with van der Waals surface area (Å²) in [4.78, 5) is 12.6. The van der Waals surface area contributed by atoms with E-state index in [-0.39, 0.29) is 12.1 Å². The molecule has 3 rings (SSSR count). The number of alkyl halides is 3. The topological polar surface area (TPSA) is 32.3 Å². The molecule has 4 nitrogen and oxygen atoms in total. The maximum Gasteiger partial charge on any atom is 0.416 e. The van der Waals surface area contributed by atoms with Gasteiger partial charge in [-0.25, -0.2) is 9.97 Å². The van der Waals surface area contributed by atoms with Crippen molar-refractivity contribution in [2.75, 3.05) is 25.5 Å². The van der Waals surface area contributed by atoms with Crippen molar-refractivity contribution in [1.29, 1.82) is 0 Å². The molecule has 0 saturated carbocycles. The summed E-state index contributed by atoms with van der Waals surface area (Å²) in [5.41, 5.74) is 1.62. The Labute approximate surface area is 152 Å². The average molecular weight is 366 g/mol. The minimum Gasteiger partial charge on any atom is -0.355 e. The molecule has 0 radical (unpaired) electrons. The highest BCUT2D eigenvalue weighted by atomic mass is 19.4. The third kappa shape index (κ3) is 4.52. The molecule has 1 aromatic heterocycles. The van der Waals surface area contributed by atoms with E-state index in [1.54, 1.807) is 18.0 Å². The zero-order valence-corrected chi connectivity index (χ0v) is 15.6. The molecule has 0 unspecified atom stereocenters. The molecule has 0 amide bonds. The van der Waals surface area contributed by atoms with Crippen LogP contribution in [0.5, 0.6) is 0 Å². The minimum atomic E-state index is -4.36. The Kier molecular flexibility index (Phi) is 6.58. The molecule has 0 N–H and O–H groups in total. The molecule has 2 aromatic rings. The van der Waals surface area contributed by atoms with Crippen molar-refractivity contribution in [2.24, 2.45) is 0 Å². The molecule has 0 saturated heterocycles. The lowest BCUT2D eigenvalue weighted by Gasteiger charge is -2.29. The van der Waals surface area contributed by atoms with Gasteiger partial charge in [0.25, 0.3) is 0 Å². The number of hydrogen-bond acceptors (Lipinski definition) is 4. The largest absolute Gasteiger partial charge is 0.416 e. The molecule has 0 atom stereocenters. The predicted octanol–water partition coefficient (Wildman–Crippen LogP) is 4.15. The first-order valence-electron chi connectivity index (χ1n) is 8.74. The lowest BCUT2D eigenvalue weighted by Crippen LogP contribution is -2.30. The Hall–Kier alpha value is -2.15. The second-order valence-corrected chi connectivity index (χ2v) is 6.12. The number of likely N-dealkylation sites (N-methyl/N-ethyl adjacent to an activating group) is 1. The van der Waals surface area contributed by atoms with Gasteiger partial charge in [-0.2, -0.15) is 13.2 Å². The highest BCUT2D eigenvalue weighted by Gasteiger charge is 2.33. The molecule has 1 aliphatic rings. The molecule has 26 heavy (non-hydrogen) atoms. The standard InChI is InChI=1S/C17H19F3N4.C2H6/c1-23-8-7-13-15(10-23)21-11-22-16(13)24(2)9-12-5-3-4-6-14(12)17(18,19)20;1-2/h3-6,11H,7-10H2,1-2H3;1-2H3. The van der Waals surface area contributed by atoms with Crippen LogP contribution in [0, 0.1) is 0 Å². The van der Waals surface area contributed by atoms with E-state index in [9.17, 15) is 13.2 Å². The van der Waals surface area contributed by atoms with E-state index in [1.807, 2.05) is 20.9 Å². The van der Waals surface area contributed by atoms with Gasteiger partial charge in [0.2, 0.25) is 0 Å². The normalized spacial score (nSPS) is 14.3. The van der Waals surface area contributed by atoms with Crippen LogP contribution >= 0.6 is 0 Å². The molecular weight excluding hydrogens is 341 g/mol. The average Bonchev–Trinajstić information content (AvgIpc) is 2.62. The van der Waals surface area contributed by atoms with Crippen LogP contribution in [0.3, 0.4) is 0 Å². The summed E-state index contributed by atoms with van der Waals surface area (Å²) >= 11 is 0. The van der Waals surface area contributed by atoms with Crippen LogP contribution in [0.15, 0.2) is 30.6 Å². The number of aromatic nitrogens is 2. The van der Waals surface area contributed by atoms with Gasteiger partial charge in [0.1, 0.15) is 12.1 Å². The van der Waals surface area contributed by atoms with Gasteiger partial charge in [0.05, 0.1) is 11.3 Å². The molecule has 2 heterocycles. The van der Waals surface area contributed by atoms with E-state index in [0.29, 0.717) is 5.82 Å². The number of hydrogen-bond donors (Lipinski definition) is 0. The number of rotatable bonds is 3. The Morgan fingerprint density at radius 1 is 1.15 bits per heavy atom. The molecule has 1 aliphatic heterocycles. The van der Waals surface area contributed by atoms with Crippen molar-refractivity contribution >= 4 is 5.82 Å². The highest BCUT2D eigenvalue weighted by molar-refractivity contribution is 5.50. The quantitative estimate of drug-likeness (QED) is 0.817. The van der Waals surface area contributed by atoms with E-state index in [2.05, 4.69) is 14.9 Å². The minimum absolute atomic E-state index is 0.148. The van der Waals surface area contributed by atoms with Crippen LogP contribution in [0.2, 0.25) is 0 Å². The first kappa shape index (κ1) is 20.2. The Balaban J connectivity index is 0.00000117. The number of nitrogens with zero attached hydrogens (tertiary/aromatic N) is 4. The Morgan fingerprint density at radius 3 is 2.54 bits per heavy atom. The van der Waals surface area contributed by atoms with Gasteiger partial charge in [-0.15, -0.1) is 0 Å². The Morgan fingerprint density at radius 2 is 1.85 bits per heavy atom. The van der Waals surface area contributed by atoms with Gasteiger partial charge >= 0.3 is 6.18 Å². The first-order valence-corrected chi connectivity index (χ1v) is 8.74. The summed E-state index contributed by atoms with van der Waals surface area (Å²) < 4.78 is 39.5. The number of fused-ring (bicyclic) bond motifs is 1. The van der Waals surface area contributed by atoms with Crippen molar-refractivity contribution in [3.05, 3.63) is 53.0 Å². The zero-order valence-electron chi connectivity index (χ0n) is 15.6. The lowest BCUT2D eigenvalue weighted by molar-refractivity contribution is -0.138. The van der Waals surface area contributed by atoms with Crippen molar-refractivity contribution in [1.82, 2.24) is 14.9 Å². The van der Waals surface area contributed by atoms with Crippen LogP contribution in [-0.2, 0) is 25.7 Å². The second-order valence-electron chi connectivity index (χ2n) is 6.12. The summed E-state index contributed by atoms with van der Waals surface area (Å²) in [5.74, 6) is 0.713. The summed E-state index contributed by atoms with van der Waals surface area (Å²) in [6.45, 7) is 5.77. The van der Waals surface area contributed by atoms with Gasteiger partial charge in [-0.3, -0.25) is 0 Å².